The van der Waals surface area contributed by atoms with Crippen molar-refractivity contribution in [3.63, 3.8) is 0 Å². The first-order chi connectivity index (χ1) is 12.5. The molecule has 3 aromatic rings. The van der Waals surface area contributed by atoms with Gasteiger partial charge in [0.1, 0.15) is 0 Å². The molecule has 0 saturated carbocycles. The van der Waals surface area contributed by atoms with E-state index < -0.39 is 5.97 Å². The van der Waals surface area contributed by atoms with Gasteiger partial charge in [-0.2, -0.15) is 0 Å². The second-order valence-electron chi connectivity index (χ2n) is 6.22. The van der Waals surface area contributed by atoms with Gasteiger partial charge < -0.3 is 10.0 Å². The summed E-state index contributed by atoms with van der Waals surface area (Å²) >= 11 is 5.88. The van der Waals surface area contributed by atoms with Gasteiger partial charge in [-0.3, -0.25) is 9.78 Å². The second-order valence-corrected chi connectivity index (χ2v) is 6.65. The van der Waals surface area contributed by atoms with E-state index in [0.29, 0.717) is 40.0 Å². The van der Waals surface area contributed by atoms with E-state index in [2.05, 4.69) is 4.98 Å². The zero-order valence-electron chi connectivity index (χ0n) is 13.8. The molecule has 0 fully saturated rings. The number of carbonyl (C=O) groups is 2. The fraction of sp³-hybridized carbons (Fsp3) is 0.150. The van der Waals surface area contributed by atoms with Gasteiger partial charge in [0.05, 0.1) is 11.1 Å². The quantitative estimate of drug-likeness (QED) is 0.749. The third-order valence-corrected chi connectivity index (χ3v) is 4.89. The predicted octanol–water partition coefficient (Wildman–Crippen LogP) is 3.78. The smallest absolute Gasteiger partial charge is 0.336 e. The van der Waals surface area contributed by atoms with Gasteiger partial charge in [0.2, 0.25) is 0 Å². The third kappa shape index (κ3) is 2.80. The lowest BCUT2D eigenvalue weighted by Crippen LogP contribution is -2.37. The maximum Gasteiger partial charge on any atom is 0.336 e. The number of rotatable bonds is 2. The number of carboxylic acids is 1. The molecule has 1 amide bonds. The summed E-state index contributed by atoms with van der Waals surface area (Å²) in [5, 5.41) is 10.9. The lowest BCUT2D eigenvalue weighted by molar-refractivity contribution is 0.0679. The minimum atomic E-state index is -0.999. The van der Waals surface area contributed by atoms with Crippen molar-refractivity contribution in [1.29, 1.82) is 0 Å². The van der Waals surface area contributed by atoms with E-state index in [1.807, 2.05) is 12.1 Å². The molecule has 4 rings (SSSR count). The number of carbonyl (C=O) groups excluding carboxylic acids is 1. The molecule has 0 spiro atoms. The summed E-state index contributed by atoms with van der Waals surface area (Å²) in [6, 6.07) is 13.9. The monoisotopic (exact) mass is 366 g/mol. The first-order valence-electron chi connectivity index (χ1n) is 8.23. The number of pyridine rings is 1. The Morgan fingerprint density at radius 2 is 1.81 bits per heavy atom. The summed E-state index contributed by atoms with van der Waals surface area (Å²) in [6.07, 6.45) is 0.528. The fourth-order valence-corrected chi connectivity index (χ4v) is 3.51. The van der Waals surface area contributed by atoms with E-state index in [1.54, 1.807) is 41.3 Å². The first-order valence-corrected chi connectivity index (χ1v) is 8.61. The highest BCUT2D eigenvalue weighted by molar-refractivity contribution is 6.30. The van der Waals surface area contributed by atoms with Crippen LogP contribution in [0.2, 0.25) is 5.02 Å². The van der Waals surface area contributed by atoms with Gasteiger partial charge in [0, 0.05) is 46.7 Å². The summed E-state index contributed by atoms with van der Waals surface area (Å²) in [6.45, 7) is 0.731. The van der Waals surface area contributed by atoms with Crippen LogP contribution in [0.1, 0.15) is 32.0 Å². The van der Waals surface area contributed by atoms with E-state index in [-0.39, 0.29) is 18.0 Å². The number of aromatic nitrogens is 1. The Hall–Kier alpha value is -2.92. The average Bonchev–Trinajstić information content (AvgIpc) is 2.65. The van der Waals surface area contributed by atoms with Gasteiger partial charge in [-0.1, -0.05) is 29.8 Å². The SMILES string of the molecule is O=C(O)c1c2c(nc3ccccc13)CCN(C(=O)c1ccc(Cl)cc1)C2. The normalized spacial score (nSPS) is 13.5. The van der Waals surface area contributed by atoms with Crippen molar-refractivity contribution in [1.82, 2.24) is 9.88 Å². The Kier molecular flexibility index (Phi) is 4.09. The van der Waals surface area contributed by atoms with Gasteiger partial charge in [-0.25, -0.2) is 4.79 Å². The van der Waals surface area contributed by atoms with Crippen molar-refractivity contribution in [2.24, 2.45) is 0 Å². The number of para-hydroxylation sites is 1. The molecule has 1 aliphatic heterocycles. The molecular weight excluding hydrogens is 352 g/mol. The molecule has 0 saturated heterocycles. The number of amides is 1. The van der Waals surface area contributed by atoms with Crippen molar-refractivity contribution in [3.05, 3.63) is 75.9 Å². The largest absolute Gasteiger partial charge is 0.478 e. The van der Waals surface area contributed by atoms with Gasteiger partial charge in [0.25, 0.3) is 5.91 Å². The maximum atomic E-state index is 12.8. The Bertz CT molecular complexity index is 1030. The summed E-state index contributed by atoms with van der Waals surface area (Å²) < 4.78 is 0. The highest BCUT2D eigenvalue weighted by Crippen LogP contribution is 2.29. The first kappa shape index (κ1) is 16.5. The van der Waals surface area contributed by atoms with Crippen LogP contribution in [-0.4, -0.2) is 33.4 Å². The van der Waals surface area contributed by atoms with E-state index in [1.165, 1.54) is 0 Å². The van der Waals surface area contributed by atoms with E-state index in [9.17, 15) is 14.7 Å². The molecular formula is C20H15ClN2O3. The average molecular weight is 367 g/mol. The van der Waals surface area contributed by atoms with Crippen molar-refractivity contribution < 1.29 is 14.7 Å². The predicted molar refractivity (Wildman–Crippen MR) is 98.6 cm³/mol. The summed E-state index contributed by atoms with van der Waals surface area (Å²) in [4.78, 5) is 31.0. The van der Waals surface area contributed by atoms with Crippen LogP contribution in [0, 0.1) is 0 Å². The molecule has 2 aromatic carbocycles. The highest BCUT2D eigenvalue weighted by atomic mass is 35.5. The summed E-state index contributed by atoms with van der Waals surface area (Å²) in [7, 11) is 0. The lowest BCUT2D eigenvalue weighted by Gasteiger charge is -2.30. The van der Waals surface area contributed by atoms with Gasteiger partial charge in [0.15, 0.2) is 0 Å². The van der Waals surface area contributed by atoms with Crippen LogP contribution in [0.4, 0.5) is 0 Å². The molecule has 130 valence electrons. The molecule has 0 aliphatic carbocycles. The van der Waals surface area contributed by atoms with Crippen LogP contribution in [0.5, 0.6) is 0 Å². The molecule has 2 heterocycles. The molecule has 1 N–H and O–H groups in total. The van der Waals surface area contributed by atoms with Crippen molar-refractivity contribution in [3.8, 4) is 0 Å². The summed E-state index contributed by atoms with van der Waals surface area (Å²) in [5.41, 5.74) is 2.80. The maximum absolute atomic E-state index is 12.8. The van der Waals surface area contributed by atoms with Gasteiger partial charge in [-0.15, -0.1) is 0 Å². The van der Waals surface area contributed by atoms with Crippen LogP contribution in [0.15, 0.2) is 48.5 Å². The van der Waals surface area contributed by atoms with Crippen LogP contribution < -0.4 is 0 Å². The zero-order valence-corrected chi connectivity index (χ0v) is 14.5. The molecule has 0 radical (unpaired) electrons. The van der Waals surface area contributed by atoms with Crippen LogP contribution in [0.25, 0.3) is 10.9 Å². The van der Waals surface area contributed by atoms with Crippen LogP contribution >= 0.6 is 11.6 Å². The molecule has 6 heteroatoms. The fourth-order valence-electron chi connectivity index (χ4n) is 3.38. The molecule has 1 aromatic heterocycles. The number of carboxylic acid groups (broad SMARTS) is 1. The van der Waals surface area contributed by atoms with Gasteiger partial charge in [-0.05, 0) is 30.3 Å². The van der Waals surface area contributed by atoms with E-state index in [0.717, 1.165) is 5.69 Å². The number of fused-ring (bicyclic) bond motifs is 2. The molecule has 0 unspecified atom stereocenters. The molecule has 0 bridgehead atoms. The van der Waals surface area contributed by atoms with Gasteiger partial charge >= 0.3 is 5.97 Å². The van der Waals surface area contributed by atoms with E-state index in [4.69, 9.17) is 11.6 Å². The number of nitrogens with zero attached hydrogens (tertiary/aromatic N) is 2. The number of hydrogen-bond acceptors (Lipinski definition) is 3. The Labute approximate surface area is 154 Å². The lowest BCUT2D eigenvalue weighted by atomic mass is 9.95. The van der Waals surface area contributed by atoms with Crippen molar-refractivity contribution in [2.45, 2.75) is 13.0 Å². The van der Waals surface area contributed by atoms with E-state index >= 15 is 0 Å². The second kappa shape index (κ2) is 6.42. The number of benzene rings is 2. The van der Waals surface area contributed by atoms with Crippen molar-refractivity contribution in [2.75, 3.05) is 6.54 Å². The topological polar surface area (TPSA) is 70.5 Å². The number of hydrogen-bond donors (Lipinski definition) is 1. The molecule has 1 aliphatic rings. The van der Waals surface area contributed by atoms with Crippen molar-refractivity contribution >= 4 is 34.4 Å². The zero-order chi connectivity index (χ0) is 18.3. The Morgan fingerprint density at radius 1 is 1.08 bits per heavy atom. The van der Waals surface area contributed by atoms with Crippen LogP contribution in [-0.2, 0) is 13.0 Å². The number of aromatic carboxylic acids is 1. The minimum Gasteiger partial charge on any atom is -0.478 e. The highest BCUT2D eigenvalue weighted by Gasteiger charge is 2.28. The molecule has 0 atom stereocenters. The molecule has 26 heavy (non-hydrogen) atoms. The number of halogens is 1. The third-order valence-electron chi connectivity index (χ3n) is 4.64. The minimum absolute atomic E-state index is 0.142. The summed E-state index contributed by atoms with van der Waals surface area (Å²) in [5.74, 6) is -1.14. The Balaban J connectivity index is 1.76. The standard InChI is InChI=1S/C20H15ClN2O3/c21-13-7-5-12(6-8-13)19(24)23-10-9-17-15(11-23)18(20(25)26)14-3-1-2-4-16(14)22-17/h1-8H,9-11H2,(H,25,26). The van der Waals surface area contributed by atoms with Crippen LogP contribution in [0.3, 0.4) is 0 Å². The molecule has 5 nitrogen and oxygen atoms in total. The Morgan fingerprint density at radius 3 is 2.54 bits per heavy atom.